The molecule has 1 amide bonds. The van der Waals surface area contributed by atoms with Gasteiger partial charge in [-0.3, -0.25) is 9.59 Å². The summed E-state index contributed by atoms with van der Waals surface area (Å²) in [5.74, 6) is -2.42. The van der Waals surface area contributed by atoms with E-state index in [0.717, 1.165) is 19.3 Å². The van der Waals surface area contributed by atoms with Crippen LogP contribution in [-0.4, -0.2) is 53.9 Å². The van der Waals surface area contributed by atoms with Crippen molar-refractivity contribution in [3.8, 4) is 0 Å². The van der Waals surface area contributed by atoms with E-state index >= 15 is 0 Å². The van der Waals surface area contributed by atoms with E-state index in [1.54, 1.807) is 20.8 Å². The topological polar surface area (TPSA) is 91.8 Å². The van der Waals surface area contributed by atoms with Gasteiger partial charge in [-0.1, -0.05) is 40.0 Å². The first-order valence-electron chi connectivity index (χ1n) is 8.90. The summed E-state index contributed by atoms with van der Waals surface area (Å²) in [5, 5.41) is 7.75. The first kappa shape index (κ1) is 19.2. The number of hydrogen-bond acceptors (Lipinski definition) is 4. The minimum absolute atomic E-state index is 0.110. The maximum absolute atomic E-state index is 13.1. The normalized spacial score (nSPS) is 27.4. The van der Waals surface area contributed by atoms with E-state index < -0.39 is 38.1 Å². The van der Waals surface area contributed by atoms with Crippen LogP contribution >= 0.6 is 0 Å². The number of carbonyl (C=O) groups excluding carboxylic acids is 1. The van der Waals surface area contributed by atoms with Crippen molar-refractivity contribution in [3.63, 3.8) is 0 Å². The summed E-state index contributed by atoms with van der Waals surface area (Å²) in [6, 6.07) is 0. The van der Waals surface area contributed by atoms with Gasteiger partial charge >= 0.3 is 5.97 Å². The van der Waals surface area contributed by atoms with Crippen LogP contribution in [0.15, 0.2) is 0 Å². The Labute approximate surface area is 144 Å². The third-order valence-corrected chi connectivity index (χ3v) is 8.32. The molecule has 7 heteroatoms. The molecule has 1 heterocycles. The highest BCUT2D eigenvalue weighted by atomic mass is 32.2. The van der Waals surface area contributed by atoms with Crippen molar-refractivity contribution < 1.29 is 23.1 Å². The molecule has 0 radical (unpaired) electrons. The maximum Gasteiger partial charge on any atom is 0.308 e. The van der Waals surface area contributed by atoms with Crippen molar-refractivity contribution in [2.24, 2.45) is 17.8 Å². The van der Waals surface area contributed by atoms with Gasteiger partial charge in [-0.05, 0) is 24.7 Å². The minimum atomic E-state index is -3.55. The van der Waals surface area contributed by atoms with Gasteiger partial charge in [0, 0.05) is 13.1 Å². The molecule has 6 nitrogen and oxygen atoms in total. The van der Waals surface area contributed by atoms with Gasteiger partial charge in [-0.15, -0.1) is 0 Å². The number of carbonyl (C=O) groups is 2. The van der Waals surface area contributed by atoms with E-state index in [9.17, 15) is 23.1 Å². The van der Waals surface area contributed by atoms with Crippen molar-refractivity contribution in [3.05, 3.63) is 0 Å². The molecule has 0 bridgehead atoms. The molecule has 0 aromatic heterocycles. The number of nitrogens with zero attached hydrogens (tertiary/aromatic N) is 1. The van der Waals surface area contributed by atoms with Gasteiger partial charge in [0.1, 0.15) is 5.25 Å². The fourth-order valence-corrected chi connectivity index (χ4v) is 6.65. The first-order valence-corrected chi connectivity index (χ1v) is 10.5. The van der Waals surface area contributed by atoms with E-state index in [2.05, 4.69) is 0 Å². The van der Waals surface area contributed by atoms with Crippen molar-refractivity contribution in [1.29, 1.82) is 0 Å². The second-order valence-electron chi connectivity index (χ2n) is 7.68. The quantitative estimate of drug-likeness (QED) is 0.810. The van der Waals surface area contributed by atoms with Gasteiger partial charge in [-0.2, -0.15) is 0 Å². The summed E-state index contributed by atoms with van der Waals surface area (Å²) in [6.45, 7) is 5.75. The molecular weight excluding hydrogens is 330 g/mol. The lowest BCUT2D eigenvalue weighted by atomic mass is 9.99. The molecule has 1 aliphatic carbocycles. The van der Waals surface area contributed by atoms with Crippen LogP contribution in [-0.2, 0) is 19.4 Å². The summed E-state index contributed by atoms with van der Waals surface area (Å²) < 4.78 is 26.1. The van der Waals surface area contributed by atoms with Crippen LogP contribution in [0.25, 0.3) is 0 Å². The monoisotopic (exact) mass is 359 g/mol. The number of rotatable bonds is 5. The molecule has 138 valence electrons. The molecule has 0 spiro atoms. The lowest BCUT2D eigenvalue weighted by molar-refractivity contribution is -0.142. The number of aliphatic carboxylic acids is 1. The standard InChI is InChI=1S/C17H29NO5S/c1-11(2)15(24(22,23)13-7-5-4-6-8-13)16(19)18-9-12(3)14(10-18)17(20)21/h11-15H,4-10H2,1-3H3,(H,20,21)/t12-,14-,15?/m1/s1. The third kappa shape index (κ3) is 3.76. The molecule has 24 heavy (non-hydrogen) atoms. The number of amides is 1. The Morgan fingerprint density at radius 3 is 2.12 bits per heavy atom. The van der Waals surface area contributed by atoms with E-state index in [1.807, 2.05) is 0 Å². The molecule has 1 saturated carbocycles. The molecule has 2 fully saturated rings. The van der Waals surface area contributed by atoms with Gasteiger partial charge in [0.05, 0.1) is 11.2 Å². The van der Waals surface area contributed by atoms with Crippen molar-refractivity contribution >= 4 is 21.7 Å². The highest BCUT2D eigenvalue weighted by molar-refractivity contribution is 7.93. The van der Waals surface area contributed by atoms with Crippen LogP contribution in [0.1, 0.15) is 52.9 Å². The first-order chi connectivity index (χ1) is 11.2. The molecule has 1 aliphatic heterocycles. The van der Waals surface area contributed by atoms with E-state index in [-0.39, 0.29) is 18.4 Å². The molecular formula is C17H29NO5S. The van der Waals surface area contributed by atoms with Crippen LogP contribution in [0.5, 0.6) is 0 Å². The van der Waals surface area contributed by atoms with Crippen LogP contribution in [0.4, 0.5) is 0 Å². The van der Waals surface area contributed by atoms with E-state index in [1.165, 1.54) is 4.90 Å². The highest BCUT2D eigenvalue weighted by Crippen LogP contribution is 2.32. The molecule has 1 N–H and O–H groups in total. The van der Waals surface area contributed by atoms with Gasteiger partial charge in [0.2, 0.25) is 5.91 Å². The summed E-state index contributed by atoms with van der Waals surface area (Å²) in [5.41, 5.74) is 0. The van der Waals surface area contributed by atoms with Gasteiger partial charge in [-0.25, -0.2) is 8.42 Å². The van der Waals surface area contributed by atoms with Gasteiger partial charge in [0.15, 0.2) is 9.84 Å². The predicted octanol–water partition coefficient (Wildman–Crippen LogP) is 1.94. The third-order valence-electron chi connectivity index (χ3n) is 5.46. The lowest BCUT2D eigenvalue weighted by Gasteiger charge is -2.31. The number of carboxylic acids is 1. The Morgan fingerprint density at radius 1 is 1.08 bits per heavy atom. The number of carboxylic acid groups (broad SMARTS) is 1. The van der Waals surface area contributed by atoms with E-state index in [4.69, 9.17) is 0 Å². The molecule has 3 atom stereocenters. The number of sulfone groups is 1. The summed E-state index contributed by atoms with van der Waals surface area (Å²) >= 11 is 0. The van der Waals surface area contributed by atoms with Gasteiger partial charge < -0.3 is 10.0 Å². The Bertz CT molecular complexity index is 580. The summed E-state index contributed by atoms with van der Waals surface area (Å²) in [7, 11) is -3.55. The SMILES string of the molecule is CC(C)C(C(=O)N1C[C@@H](C)[C@H](C(=O)O)C1)S(=O)(=O)C1CCCCC1. The fraction of sp³-hybridized carbons (Fsp3) is 0.882. The van der Waals surface area contributed by atoms with Crippen molar-refractivity contribution in [2.45, 2.75) is 63.4 Å². The van der Waals surface area contributed by atoms with Crippen LogP contribution in [0.3, 0.4) is 0 Å². The van der Waals surface area contributed by atoms with Crippen molar-refractivity contribution in [2.75, 3.05) is 13.1 Å². The molecule has 2 rings (SSSR count). The zero-order chi connectivity index (χ0) is 18.1. The Hall–Kier alpha value is -1.11. The summed E-state index contributed by atoms with van der Waals surface area (Å²) in [6.07, 6.45) is 4.10. The molecule has 0 aromatic rings. The van der Waals surface area contributed by atoms with Crippen molar-refractivity contribution in [1.82, 2.24) is 4.90 Å². The second-order valence-corrected chi connectivity index (χ2v) is 10.0. The van der Waals surface area contributed by atoms with Crippen LogP contribution < -0.4 is 0 Å². The number of likely N-dealkylation sites (tertiary alicyclic amines) is 1. The average Bonchev–Trinajstić information content (AvgIpc) is 2.90. The second kappa shape index (κ2) is 7.42. The van der Waals surface area contributed by atoms with Crippen LogP contribution in [0.2, 0.25) is 0 Å². The molecule has 1 unspecified atom stereocenters. The molecule has 1 saturated heterocycles. The lowest BCUT2D eigenvalue weighted by Crippen LogP contribution is -2.48. The Morgan fingerprint density at radius 2 is 1.67 bits per heavy atom. The maximum atomic E-state index is 13.1. The summed E-state index contributed by atoms with van der Waals surface area (Å²) in [4.78, 5) is 25.7. The highest BCUT2D eigenvalue weighted by Gasteiger charge is 2.46. The Kier molecular flexibility index (Phi) is 5.94. The zero-order valence-corrected chi connectivity index (χ0v) is 15.6. The molecule has 2 aliphatic rings. The van der Waals surface area contributed by atoms with Gasteiger partial charge in [0.25, 0.3) is 0 Å². The predicted molar refractivity (Wildman–Crippen MR) is 91.3 cm³/mol. The smallest absolute Gasteiger partial charge is 0.308 e. The van der Waals surface area contributed by atoms with Crippen LogP contribution in [0, 0.1) is 17.8 Å². The molecule has 0 aromatic carbocycles. The van der Waals surface area contributed by atoms with E-state index in [0.29, 0.717) is 19.4 Å². The average molecular weight is 359 g/mol. The number of hydrogen-bond donors (Lipinski definition) is 1. The fourth-order valence-electron chi connectivity index (χ4n) is 4.05. The minimum Gasteiger partial charge on any atom is -0.481 e. The zero-order valence-electron chi connectivity index (χ0n) is 14.8. The largest absolute Gasteiger partial charge is 0.481 e. The Balaban J connectivity index is 2.21.